The minimum Gasteiger partial charge on any atom is -0.309 e. The summed E-state index contributed by atoms with van der Waals surface area (Å²) in [5.41, 5.74) is 2.96. The minimum absolute atomic E-state index is 0.108. The third-order valence-corrected chi connectivity index (χ3v) is 9.98. The lowest BCUT2D eigenvalue weighted by Gasteiger charge is -2.12. The Morgan fingerprint density at radius 3 is 2.14 bits per heavy atom. The highest BCUT2D eigenvalue weighted by atomic mass is 32.1. The van der Waals surface area contributed by atoms with Crippen molar-refractivity contribution < 1.29 is 16.4 Å². The van der Waals surface area contributed by atoms with E-state index in [0.717, 1.165) is 41.4 Å². The SMILES string of the molecule is [2H]c1c([2H])c([2H])c(-n2c3c([2H])c([2H])c([2H])c([2H])c3c3c([2H])c([2H])c(-c4nc(-c5cccc(-c6ccccc6)c5)cc(-c5cccc6c5sc5ccccc56)n4)c([2H])c32)c([2H])c1[2H]. The lowest BCUT2D eigenvalue weighted by atomic mass is 10.00. The van der Waals surface area contributed by atoms with Gasteiger partial charge in [0.2, 0.25) is 0 Å². The summed E-state index contributed by atoms with van der Waals surface area (Å²) in [6.07, 6.45) is 0. The Balaban J connectivity index is 1.34. The molecule has 4 heteroatoms. The monoisotopic (exact) mass is 667 g/mol. The van der Waals surface area contributed by atoms with Crippen molar-refractivity contribution in [3.63, 3.8) is 0 Å². The van der Waals surface area contributed by atoms with Gasteiger partial charge < -0.3 is 4.57 Å². The van der Waals surface area contributed by atoms with Crippen LogP contribution < -0.4 is 0 Å². The predicted molar refractivity (Wildman–Crippen MR) is 211 cm³/mol. The number of rotatable bonds is 5. The van der Waals surface area contributed by atoms with Gasteiger partial charge in [-0.05, 0) is 53.5 Å². The summed E-state index contributed by atoms with van der Waals surface area (Å²) in [6.45, 7) is 0. The van der Waals surface area contributed by atoms with Crippen molar-refractivity contribution in [1.29, 1.82) is 0 Å². The van der Waals surface area contributed by atoms with Gasteiger partial charge in [0.15, 0.2) is 5.82 Å². The van der Waals surface area contributed by atoms with E-state index in [0.29, 0.717) is 17.0 Å². The molecule has 3 heterocycles. The lowest BCUT2D eigenvalue weighted by molar-refractivity contribution is 1.17. The van der Waals surface area contributed by atoms with Crippen LogP contribution >= 0.6 is 11.3 Å². The van der Waals surface area contributed by atoms with Gasteiger partial charge in [-0.1, -0.05) is 133 Å². The molecule has 0 atom stereocenters. The zero-order valence-electron chi connectivity index (χ0n) is 38.1. The quantitative estimate of drug-likeness (QED) is 0.183. The fourth-order valence-electron chi connectivity index (χ4n) is 6.48. The summed E-state index contributed by atoms with van der Waals surface area (Å²) in [4.78, 5) is 10.0. The summed E-state index contributed by atoms with van der Waals surface area (Å²) < 4.78 is 110. The van der Waals surface area contributed by atoms with E-state index in [-0.39, 0.29) is 33.2 Å². The number of hydrogen-bond donors (Lipinski definition) is 0. The average Bonchev–Trinajstić information content (AvgIpc) is 3.86. The van der Waals surface area contributed by atoms with Crippen molar-refractivity contribution in [2.45, 2.75) is 0 Å². The van der Waals surface area contributed by atoms with Crippen molar-refractivity contribution in [3.8, 4) is 50.7 Å². The van der Waals surface area contributed by atoms with Crippen LogP contribution in [0.4, 0.5) is 0 Å². The molecular weight excluding hydrogens is 627 g/mol. The van der Waals surface area contributed by atoms with Crippen LogP contribution in [-0.2, 0) is 0 Å². The van der Waals surface area contributed by atoms with Crippen LogP contribution in [0.25, 0.3) is 92.7 Å². The van der Waals surface area contributed by atoms with Gasteiger partial charge in [-0.15, -0.1) is 11.3 Å². The number of fused-ring (bicyclic) bond motifs is 6. The second kappa shape index (κ2) is 11.7. The van der Waals surface area contributed by atoms with Crippen LogP contribution in [0.5, 0.6) is 0 Å². The molecular formula is C46H29N3S. The van der Waals surface area contributed by atoms with Crippen LogP contribution in [0.15, 0.2) is 176 Å². The molecule has 10 aromatic rings. The summed E-state index contributed by atoms with van der Waals surface area (Å²) in [5.74, 6) is -0.108. The van der Waals surface area contributed by atoms with Crippen molar-refractivity contribution in [3.05, 3.63) is 176 Å². The van der Waals surface area contributed by atoms with E-state index < -0.39 is 78.2 Å². The molecule has 7 aromatic carbocycles. The van der Waals surface area contributed by atoms with Crippen molar-refractivity contribution in [2.75, 3.05) is 0 Å². The van der Waals surface area contributed by atoms with Crippen LogP contribution in [0.3, 0.4) is 0 Å². The highest BCUT2D eigenvalue weighted by molar-refractivity contribution is 7.26. The minimum atomic E-state index is -0.708. The molecule has 0 aliphatic rings. The Morgan fingerprint density at radius 1 is 0.500 bits per heavy atom. The molecule has 3 nitrogen and oxygen atoms in total. The summed E-state index contributed by atoms with van der Waals surface area (Å²) in [7, 11) is 0. The molecule has 0 spiro atoms. The third-order valence-electron chi connectivity index (χ3n) is 8.76. The Hall–Kier alpha value is -6.36. The highest BCUT2D eigenvalue weighted by Crippen LogP contribution is 2.41. The van der Waals surface area contributed by atoms with Gasteiger partial charge in [0.25, 0.3) is 0 Å². The molecule has 0 aliphatic carbocycles. The third kappa shape index (κ3) is 4.73. The summed E-state index contributed by atoms with van der Waals surface area (Å²) in [6, 6.07) is 25.9. The molecule has 50 heavy (non-hydrogen) atoms. The predicted octanol–water partition coefficient (Wildman–Crippen LogP) is 12.6. The molecule has 0 aliphatic heterocycles. The fourth-order valence-corrected chi connectivity index (χ4v) is 7.71. The topological polar surface area (TPSA) is 30.7 Å². The smallest absolute Gasteiger partial charge is 0.160 e. The molecule has 0 bridgehead atoms. The van der Waals surface area contributed by atoms with Crippen molar-refractivity contribution >= 4 is 53.3 Å². The molecule has 234 valence electrons. The molecule has 3 aromatic heterocycles. The Bertz CT molecular complexity index is 3540. The van der Waals surface area contributed by atoms with Gasteiger partial charge in [0.1, 0.15) is 0 Å². The number of para-hydroxylation sites is 2. The largest absolute Gasteiger partial charge is 0.309 e. The molecule has 0 amide bonds. The van der Waals surface area contributed by atoms with E-state index in [1.165, 1.54) is 0 Å². The number of benzene rings is 7. The maximum atomic E-state index is 9.91. The second-order valence-electron chi connectivity index (χ2n) is 11.7. The van der Waals surface area contributed by atoms with Crippen LogP contribution in [0, 0.1) is 0 Å². The first-order valence-electron chi connectivity index (χ1n) is 21.9. The van der Waals surface area contributed by atoms with Gasteiger partial charge in [-0.25, -0.2) is 9.97 Å². The zero-order valence-corrected chi connectivity index (χ0v) is 26.9. The second-order valence-corrected chi connectivity index (χ2v) is 12.7. The van der Waals surface area contributed by atoms with E-state index in [1.807, 2.05) is 97.1 Å². The van der Waals surface area contributed by atoms with Gasteiger partial charge >= 0.3 is 0 Å². The Labute approximate surface area is 310 Å². The molecule has 10 rings (SSSR count). The van der Waals surface area contributed by atoms with Gasteiger partial charge in [0.05, 0.1) is 38.9 Å². The van der Waals surface area contributed by atoms with E-state index in [9.17, 15) is 4.11 Å². The van der Waals surface area contributed by atoms with E-state index in [4.69, 9.17) is 22.3 Å². The highest BCUT2D eigenvalue weighted by Gasteiger charge is 2.18. The Morgan fingerprint density at radius 2 is 1.22 bits per heavy atom. The van der Waals surface area contributed by atoms with Gasteiger partial charge in [-0.2, -0.15) is 0 Å². The molecule has 0 N–H and O–H groups in total. The molecule has 0 radical (unpaired) electrons. The first kappa shape index (κ1) is 19.0. The number of aromatic nitrogens is 3. The molecule has 0 unspecified atom stereocenters. The number of nitrogens with zero attached hydrogens (tertiary/aromatic N) is 3. The number of thiophene rings is 1. The van der Waals surface area contributed by atoms with Gasteiger partial charge in [0, 0.05) is 53.3 Å². The molecule has 0 saturated carbocycles. The van der Waals surface area contributed by atoms with Crippen molar-refractivity contribution in [1.82, 2.24) is 14.5 Å². The Kier molecular flexibility index (Phi) is 4.43. The van der Waals surface area contributed by atoms with Gasteiger partial charge in [-0.3, -0.25) is 0 Å². The zero-order chi connectivity index (χ0) is 43.5. The maximum Gasteiger partial charge on any atom is 0.160 e. The summed E-state index contributed by atoms with van der Waals surface area (Å²) in [5, 5.41) is 1.62. The normalized spacial score (nSPS) is 15.0. The fraction of sp³-hybridized carbons (Fsp3) is 0. The maximum absolute atomic E-state index is 9.91. The van der Waals surface area contributed by atoms with Crippen molar-refractivity contribution in [2.24, 2.45) is 0 Å². The standard InChI is InChI=1S/C46H29N3S/c1-3-13-30(14-4-1)31-15-11-16-32(27-31)40-29-41(39-22-12-21-38-37-20-8-10-24-44(37)50-45(38)39)48-46(47-40)33-25-26-36-35-19-7-9-23-42(35)49(43(36)28-33)34-17-5-2-6-18-34/h1-29H/i2D,5D,6D,7D,9D,17D,18D,19D,23D,25D,26D,28D. The molecule has 0 saturated heterocycles. The van der Waals surface area contributed by atoms with Crippen LogP contribution in [0.1, 0.15) is 16.4 Å². The summed E-state index contributed by atoms with van der Waals surface area (Å²) >= 11 is 1.60. The average molecular weight is 668 g/mol. The lowest BCUT2D eigenvalue weighted by Crippen LogP contribution is -1.97. The first-order chi connectivity index (χ1) is 29.8. The van der Waals surface area contributed by atoms with E-state index >= 15 is 0 Å². The first-order valence-corrected chi connectivity index (χ1v) is 16.7. The van der Waals surface area contributed by atoms with Crippen LogP contribution in [0.2, 0.25) is 0 Å². The molecule has 0 fully saturated rings. The van der Waals surface area contributed by atoms with Crippen LogP contribution in [-0.4, -0.2) is 14.5 Å². The van der Waals surface area contributed by atoms with E-state index in [1.54, 1.807) is 11.3 Å². The number of hydrogen-bond acceptors (Lipinski definition) is 3. The van der Waals surface area contributed by atoms with E-state index in [2.05, 4.69) is 6.07 Å².